The molecular weight excluding hydrogens is 409 g/mol. The number of aryl methyl sites for hydroxylation is 2. The first-order valence-electron chi connectivity index (χ1n) is 10.1. The van der Waals surface area contributed by atoms with E-state index in [2.05, 4.69) is 0 Å². The number of benzene rings is 3. The normalized spacial score (nSPS) is 17.6. The van der Waals surface area contributed by atoms with Crippen LogP contribution in [0, 0.1) is 19.7 Å². The Morgan fingerprint density at radius 3 is 2.34 bits per heavy atom. The first-order chi connectivity index (χ1) is 15.3. The van der Waals surface area contributed by atoms with E-state index in [1.54, 1.807) is 36.4 Å². The van der Waals surface area contributed by atoms with Gasteiger partial charge in [-0.2, -0.15) is 0 Å². The number of Topliss-reactive ketones (excluding diaryl/α,β-unsaturated/α-hetero) is 1. The highest BCUT2D eigenvalue weighted by Gasteiger charge is 2.47. The van der Waals surface area contributed by atoms with Crippen LogP contribution in [0.15, 0.2) is 72.3 Å². The van der Waals surface area contributed by atoms with Gasteiger partial charge in [-0.25, -0.2) is 4.39 Å². The van der Waals surface area contributed by atoms with E-state index in [0.717, 1.165) is 11.1 Å². The van der Waals surface area contributed by atoms with Crippen LogP contribution in [0.25, 0.3) is 5.76 Å². The summed E-state index contributed by atoms with van der Waals surface area (Å²) in [4.78, 5) is 27.6. The molecule has 1 aliphatic heterocycles. The number of rotatable bonds is 4. The first kappa shape index (κ1) is 21.3. The van der Waals surface area contributed by atoms with E-state index >= 15 is 0 Å². The fourth-order valence-electron chi connectivity index (χ4n) is 3.86. The highest BCUT2D eigenvalue weighted by molar-refractivity contribution is 6.51. The number of halogens is 1. The summed E-state index contributed by atoms with van der Waals surface area (Å²) in [5, 5.41) is 11.2. The third-order valence-electron chi connectivity index (χ3n) is 5.74. The molecule has 1 amide bonds. The first-order valence-corrected chi connectivity index (χ1v) is 10.1. The molecule has 0 bridgehead atoms. The molecular formula is C26H22FNO4. The number of carbonyl (C=O) groups is 2. The zero-order valence-electron chi connectivity index (χ0n) is 17.9. The smallest absolute Gasteiger partial charge is 0.300 e. The Labute approximate surface area is 185 Å². The highest BCUT2D eigenvalue weighted by atomic mass is 19.1. The van der Waals surface area contributed by atoms with Crippen molar-refractivity contribution < 1.29 is 23.8 Å². The molecule has 4 rings (SSSR count). The summed E-state index contributed by atoms with van der Waals surface area (Å²) in [6, 6.07) is 16.7. The van der Waals surface area contributed by atoms with Crippen LogP contribution < -0.4 is 9.64 Å². The maximum absolute atomic E-state index is 13.6. The zero-order chi connectivity index (χ0) is 23.0. The topological polar surface area (TPSA) is 66.8 Å². The van der Waals surface area contributed by atoms with Gasteiger partial charge < -0.3 is 9.84 Å². The van der Waals surface area contributed by atoms with Gasteiger partial charge in [0.1, 0.15) is 17.3 Å². The minimum absolute atomic E-state index is 0.0484. The second-order valence-electron chi connectivity index (χ2n) is 7.72. The highest BCUT2D eigenvalue weighted by Crippen LogP contribution is 2.42. The predicted molar refractivity (Wildman–Crippen MR) is 120 cm³/mol. The van der Waals surface area contributed by atoms with Gasteiger partial charge in [-0.3, -0.25) is 14.5 Å². The van der Waals surface area contributed by atoms with Crippen molar-refractivity contribution in [1.82, 2.24) is 0 Å². The summed E-state index contributed by atoms with van der Waals surface area (Å²) in [6.07, 6.45) is 0. The molecule has 0 aliphatic carbocycles. The molecule has 1 saturated heterocycles. The molecule has 0 spiro atoms. The van der Waals surface area contributed by atoms with E-state index in [4.69, 9.17) is 4.74 Å². The largest absolute Gasteiger partial charge is 0.507 e. The maximum Gasteiger partial charge on any atom is 0.300 e. The van der Waals surface area contributed by atoms with E-state index in [-0.39, 0.29) is 11.3 Å². The van der Waals surface area contributed by atoms with Crippen molar-refractivity contribution in [3.63, 3.8) is 0 Å². The molecule has 5 nitrogen and oxygen atoms in total. The van der Waals surface area contributed by atoms with Crippen molar-refractivity contribution in [2.24, 2.45) is 0 Å². The standard InChI is InChI=1S/C26H22FNO4/c1-15-7-8-18(13-16(15)2)24(29)22-23(17-9-11-19(27)12-10-17)28(26(31)25(22)30)20-5-4-6-21(14-20)32-3/h4-14,23,29H,1-3H3/b24-22+. The van der Waals surface area contributed by atoms with Crippen molar-refractivity contribution >= 4 is 23.1 Å². The molecule has 1 aliphatic rings. The molecule has 0 radical (unpaired) electrons. The van der Waals surface area contributed by atoms with Crippen LogP contribution in [-0.2, 0) is 9.59 Å². The van der Waals surface area contributed by atoms with Crippen LogP contribution >= 0.6 is 0 Å². The molecule has 0 aromatic heterocycles. The lowest BCUT2D eigenvalue weighted by molar-refractivity contribution is -0.132. The van der Waals surface area contributed by atoms with E-state index in [9.17, 15) is 19.1 Å². The molecule has 3 aromatic rings. The lowest BCUT2D eigenvalue weighted by atomic mass is 9.94. The van der Waals surface area contributed by atoms with E-state index in [1.807, 2.05) is 19.9 Å². The number of aliphatic hydroxyl groups excluding tert-OH is 1. The van der Waals surface area contributed by atoms with Gasteiger partial charge in [0, 0.05) is 17.3 Å². The maximum atomic E-state index is 13.6. The Balaban J connectivity index is 1.95. The van der Waals surface area contributed by atoms with Gasteiger partial charge in [0.15, 0.2) is 0 Å². The molecule has 162 valence electrons. The fourth-order valence-corrected chi connectivity index (χ4v) is 3.86. The number of hydrogen-bond donors (Lipinski definition) is 1. The van der Waals surface area contributed by atoms with E-state index < -0.39 is 23.5 Å². The van der Waals surface area contributed by atoms with Crippen molar-refractivity contribution in [3.05, 3.63) is 100 Å². The molecule has 0 saturated carbocycles. The average molecular weight is 431 g/mol. The van der Waals surface area contributed by atoms with Gasteiger partial charge in [0.25, 0.3) is 11.7 Å². The third kappa shape index (κ3) is 3.64. The number of carbonyl (C=O) groups excluding carboxylic acids is 2. The number of ether oxygens (including phenoxy) is 1. The molecule has 3 aromatic carbocycles. The lowest BCUT2D eigenvalue weighted by Crippen LogP contribution is -2.29. The van der Waals surface area contributed by atoms with Crippen LogP contribution in [0.5, 0.6) is 5.75 Å². The second-order valence-corrected chi connectivity index (χ2v) is 7.72. The Morgan fingerprint density at radius 2 is 1.69 bits per heavy atom. The molecule has 1 fully saturated rings. The van der Waals surface area contributed by atoms with Crippen molar-refractivity contribution in [1.29, 1.82) is 0 Å². The molecule has 1 N–H and O–H groups in total. The quantitative estimate of drug-likeness (QED) is 0.356. The number of aliphatic hydroxyl groups is 1. The minimum Gasteiger partial charge on any atom is -0.507 e. The average Bonchev–Trinajstić information content (AvgIpc) is 3.06. The van der Waals surface area contributed by atoms with E-state index in [0.29, 0.717) is 22.6 Å². The zero-order valence-corrected chi connectivity index (χ0v) is 17.9. The van der Waals surface area contributed by atoms with Gasteiger partial charge in [-0.05, 0) is 60.9 Å². The summed E-state index contributed by atoms with van der Waals surface area (Å²) in [5.41, 5.74) is 3.29. The van der Waals surface area contributed by atoms with Gasteiger partial charge >= 0.3 is 0 Å². The second kappa shape index (κ2) is 8.30. The van der Waals surface area contributed by atoms with Crippen LogP contribution in [0.1, 0.15) is 28.3 Å². The summed E-state index contributed by atoms with van der Waals surface area (Å²) < 4.78 is 18.9. The minimum atomic E-state index is -0.927. The number of methoxy groups -OCH3 is 1. The number of ketones is 1. The number of anilines is 1. The van der Waals surface area contributed by atoms with Crippen molar-refractivity contribution in [2.45, 2.75) is 19.9 Å². The number of nitrogens with zero attached hydrogens (tertiary/aromatic N) is 1. The van der Waals surface area contributed by atoms with Gasteiger partial charge in [0.05, 0.1) is 18.7 Å². The summed E-state index contributed by atoms with van der Waals surface area (Å²) >= 11 is 0. The number of amides is 1. The lowest BCUT2D eigenvalue weighted by Gasteiger charge is -2.25. The number of hydrogen-bond acceptors (Lipinski definition) is 4. The monoisotopic (exact) mass is 431 g/mol. The van der Waals surface area contributed by atoms with Crippen LogP contribution in [0.4, 0.5) is 10.1 Å². The Bertz CT molecular complexity index is 1250. The molecule has 1 heterocycles. The van der Waals surface area contributed by atoms with Crippen LogP contribution in [0.3, 0.4) is 0 Å². The SMILES string of the molecule is COc1cccc(N2C(=O)C(=O)/C(=C(/O)c3ccc(C)c(C)c3)C2c2ccc(F)cc2)c1. The molecule has 1 atom stereocenters. The van der Waals surface area contributed by atoms with Crippen molar-refractivity contribution in [3.8, 4) is 5.75 Å². The van der Waals surface area contributed by atoms with Crippen LogP contribution in [0.2, 0.25) is 0 Å². The fraction of sp³-hybridized carbons (Fsp3) is 0.154. The Hall–Kier alpha value is -3.93. The van der Waals surface area contributed by atoms with Crippen LogP contribution in [-0.4, -0.2) is 23.9 Å². The van der Waals surface area contributed by atoms with Gasteiger partial charge in [-0.1, -0.05) is 30.3 Å². The predicted octanol–water partition coefficient (Wildman–Crippen LogP) is 5.08. The Kier molecular flexibility index (Phi) is 5.53. The van der Waals surface area contributed by atoms with E-state index in [1.165, 1.54) is 36.3 Å². The molecule has 32 heavy (non-hydrogen) atoms. The van der Waals surface area contributed by atoms with Crippen molar-refractivity contribution in [2.75, 3.05) is 12.0 Å². The summed E-state index contributed by atoms with van der Waals surface area (Å²) in [5.74, 6) is -1.79. The third-order valence-corrected chi connectivity index (χ3v) is 5.74. The van der Waals surface area contributed by atoms with Gasteiger partial charge in [-0.15, -0.1) is 0 Å². The molecule has 6 heteroatoms. The summed E-state index contributed by atoms with van der Waals surface area (Å²) in [7, 11) is 1.50. The summed E-state index contributed by atoms with van der Waals surface area (Å²) in [6.45, 7) is 3.85. The Morgan fingerprint density at radius 1 is 0.969 bits per heavy atom. The molecule has 1 unspecified atom stereocenters. The van der Waals surface area contributed by atoms with Gasteiger partial charge in [0.2, 0.25) is 0 Å².